The lowest BCUT2D eigenvalue weighted by atomic mass is 10.0. The Balaban J connectivity index is 1.31. The molecule has 1 saturated heterocycles. The Kier molecular flexibility index (Phi) is 4.47. The van der Waals surface area contributed by atoms with E-state index in [1.54, 1.807) is 35.0 Å². The van der Waals surface area contributed by atoms with Gasteiger partial charge in [0.2, 0.25) is 10.0 Å². The predicted octanol–water partition coefficient (Wildman–Crippen LogP) is 2.23. The van der Waals surface area contributed by atoms with Crippen LogP contribution in [0, 0.1) is 0 Å². The van der Waals surface area contributed by atoms with Crippen molar-refractivity contribution in [2.45, 2.75) is 49.1 Å². The van der Waals surface area contributed by atoms with E-state index < -0.39 is 10.0 Å². The number of hydrogen-bond acceptors (Lipinski definition) is 6. The van der Waals surface area contributed by atoms with Crippen molar-refractivity contribution in [2.75, 3.05) is 24.6 Å². The second-order valence-corrected chi connectivity index (χ2v) is 9.65. The lowest BCUT2D eigenvalue weighted by Crippen LogP contribution is -2.48. The number of hydrogen-bond donors (Lipinski definition) is 0. The van der Waals surface area contributed by atoms with Gasteiger partial charge in [0.1, 0.15) is 17.9 Å². The highest BCUT2D eigenvalue weighted by atomic mass is 32.2. The smallest absolute Gasteiger partial charge is 0.243 e. The molecule has 7 nitrogen and oxygen atoms in total. The molecule has 0 atom stereocenters. The molecule has 3 aliphatic rings. The summed E-state index contributed by atoms with van der Waals surface area (Å²) < 4.78 is 33.4. The molecule has 0 radical (unpaired) electrons. The van der Waals surface area contributed by atoms with Crippen molar-refractivity contribution in [3.63, 3.8) is 0 Å². The lowest BCUT2D eigenvalue weighted by molar-refractivity contribution is 0.308. The SMILES string of the molecule is O=S(=O)(c1ccc2c(c1)CCO2)N1CCC(N(c2ccncn2)C2CC2)CC1. The van der Waals surface area contributed by atoms with E-state index in [4.69, 9.17) is 4.74 Å². The second-order valence-electron chi connectivity index (χ2n) is 7.71. The number of fused-ring (bicyclic) bond motifs is 1. The van der Waals surface area contributed by atoms with Gasteiger partial charge in [-0.05, 0) is 55.5 Å². The molecule has 148 valence electrons. The van der Waals surface area contributed by atoms with E-state index in [0.717, 1.165) is 36.4 Å². The van der Waals surface area contributed by atoms with Gasteiger partial charge >= 0.3 is 0 Å². The van der Waals surface area contributed by atoms with Crippen LogP contribution in [0.25, 0.3) is 0 Å². The number of rotatable bonds is 5. The maximum atomic E-state index is 13.1. The summed E-state index contributed by atoms with van der Waals surface area (Å²) in [7, 11) is -3.47. The Bertz CT molecular complexity index is 955. The minimum Gasteiger partial charge on any atom is -0.493 e. The molecule has 1 aromatic heterocycles. The van der Waals surface area contributed by atoms with Gasteiger partial charge in [-0.2, -0.15) is 4.31 Å². The number of ether oxygens (including phenoxy) is 1. The molecule has 0 bridgehead atoms. The molecule has 2 aliphatic heterocycles. The fraction of sp³-hybridized carbons (Fsp3) is 0.500. The molecular formula is C20H24N4O3S. The first kappa shape index (κ1) is 17.9. The topological polar surface area (TPSA) is 75.6 Å². The average Bonchev–Trinajstić information content (AvgIpc) is 3.44. The van der Waals surface area contributed by atoms with Gasteiger partial charge in [0.15, 0.2) is 0 Å². The van der Waals surface area contributed by atoms with E-state index >= 15 is 0 Å². The Labute approximate surface area is 165 Å². The van der Waals surface area contributed by atoms with Crippen LogP contribution >= 0.6 is 0 Å². The predicted molar refractivity (Wildman–Crippen MR) is 105 cm³/mol. The summed E-state index contributed by atoms with van der Waals surface area (Å²) in [5.74, 6) is 1.76. The minimum atomic E-state index is -3.47. The monoisotopic (exact) mass is 400 g/mol. The standard InChI is InChI=1S/C20H24N4O3S/c25-28(26,18-3-4-19-15(13-18)8-12-27-19)23-10-6-17(7-11-23)24(16-1-2-16)20-5-9-21-14-22-20/h3-5,9,13-14,16-17H,1-2,6-8,10-12H2. The first-order valence-electron chi connectivity index (χ1n) is 9.93. The van der Waals surface area contributed by atoms with E-state index in [1.807, 2.05) is 6.07 Å². The molecule has 1 saturated carbocycles. The van der Waals surface area contributed by atoms with Gasteiger partial charge in [-0.15, -0.1) is 0 Å². The van der Waals surface area contributed by atoms with E-state index in [-0.39, 0.29) is 0 Å². The Morgan fingerprint density at radius 3 is 2.57 bits per heavy atom. The highest BCUT2D eigenvalue weighted by Crippen LogP contribution is 2.36. The molecule has 1 aliphatic carbocycles. The van der Waals surface area contributed by atoms with Crippen LogP contribution in [-0.2, 0) is 16.4 Å². The van der Waals surface area contributed by atoms with Crippen LogP contribution in [0.1, 0.15) is 31.2 Å². The summed E-state index contributed by atoms with van der Waals surface area (Å²) >= 11 is 0. The molecule has 8 heteroatoms. The summed E-state index contributed by atoms with van der Waals surface area (Å²) in [5, 5.41) is 0. The molecule has 0 spiro atoms. The van der Waals surface area contributed by atoms with Crippen molar-refractivity contribution in [1.29, 1.82) is 0 Å². The molecular weight excluding hydrogens is 376 g/mol. The van der Waals surface area contributed by atoms with E-state index in [2.05, 4.69) is 14.9 Å². The normalized spacial score (nSPS) is 20.6. The number of nitrogens with zero attached hydrogens (tertiary/aromatic N) is 4. The number of piperidine rings is 1. The minimum absolute atomic E-state index is 0.322. The van der Waals surface area contributed by atoms with E-state index in [0.29, 0.717) is 36.7 Å². The summed E-state index contributed by atoms with van der Waals surface area (Å²) in [6.45, 7) is 1.70. The van der Waals surface area contributed by atoms with Crippen molar-refractivity contribution in [3.8, 4) is 5.75 Å². The molecule has 3 heterocycles. The van der Waals surface area contributed by atoms with Gasteiger partial charge < -0.3 is 9.64 Å². The summed E-state index contributed by atoms with van der Waals surface area (Å²) in [6.07, 6.45) is 8.12. The molecule has 5 rings (SSSR count). The van der Waals surface area contributed by atoms with Crippen molar-refractivity contribution >= 4 is 15.8 Å². The van der Waals surface area contributed by atoms with Gasteiger partial charge in [-0.3, -0.25) is 0 Å². The fourth-order valence-corrected chi connectivity index (χ4v) is 5.82. The molecule has 2 fully saturated rings. The Morgan fingerprint density at radius 2 is 1.86 bits per heavy atom. The summed E-state index contributed by atoms with van der Waals surface area (Å²) in [6, 6.07) is 8.03. The second kappa shape index (κ2) is 7.00. The van der Waals surface area contributed by atoms with Crippen LogP contribution in [0.5, 0.6) is 5.75 Å². The highest BCUT2D eigenvalue weighted by Gasteiger charge is 2.38. The summed E-state index contributed by atoms with van der Waals surface area (Å²) in [5.41, 5.74) is 0.986. The third kappa shape index (κ3) is 3.24. The molecule has 0 amide bonds. The summed E-state index contributed by atoms with van der Waals surface area (Å²) in [4.78, 5) is 11.2. The quantitative estimate of drug-likeness (QED) is 0.766. The van der Waals surface area contributed by atoms with E-state index in [9.17, 15) is 8.42 Å². The molecule has 2 aromatic rings. The molecule has 28 heavy (non-hydrogen) atoms. The zero-order valence-electron chi connectivity index (χ0n) is 15.7. The highest BCUT2D eigenvalue weighted by molar-refractivity contribution is 7.89. The zero-order valence-corrected chi connectivity index (χ0v) is 16.5. The van der Waals surface area contributed by atoms with Crippen molar-refractivity contribution in [3.05, 3.63) is 42.4 Å². The fourth-order valence-electron chi connectivity index (χ4n) is 4.29. The van der Waals surface area contributed by atoms with Gasteiger partial charge in [-0.1, -0.05) is 0 Å². The van der Waals surface area contributed by atoms with Crippen LogP contribution in [0.2, 0.25) is 0 Å². The van der Waals surface area contributed by atoms with Crippen molar-refractivity contribution < 1.29 is 13.2 Å². The number of aromatic nitrogens is 2. The maximum absolute atomic E-state index is 13.1. The molecule has 0 N–H and O–H groups in total. The number of benzene rings is 1. The number of anilines is 1. The van der Waals surface area contributed by atoms with Crippen LogP contribution in [0.15, 0.2) is 41.7 Å². The van der Waals surface area contributed by atoms with Gasteiger partial charge in [0.25, 0.3) is 0 Å². The van der Waals surface area contributed by atoms with Crippen molar-refractivity contribution in [2.24, 2.45) is 0 Å². The Hall–Kier alpha value is -2.19. The first-order chi connectivity index (χ1) is 13.6. The molecule has 0 unspecified atom stereocenters. The Morgan fingerprint density at radius 1 is 1.07 bits per heavy atom. The van der Waals surface area contributed by atoms with Crippen LogP contribution in [0.4, 0.5) is 5.82 Å². The van der Waals surface area contributed by atoms with E-state index in [1.165, 1.54) is 12.8 Å². The maximum Gasteiger partial charge on any atom is 0.243 e. The largest absolute Gasteiger partial charge is 0.493 e. The van der Waals surface area contributed by atoms with Crippen molar-refractivity contribution in [1.82, 2.24) is 14.3 Å². The third-order valence-corrected chi connectivity index (χ3v) is 7.78. The number of sulfonamides is 1. The first-order valence-corrected chi connectivity index (χ1v) is 11.4. The third-order valence-electron chi connectivity index (χ3n) is 5.89. The molecule has 1 aromatic carbocycles. The van der Waals surface area contributed by atoms with Crippen LogP contribution in [-0.4, -0.2) is 54.5 Å². The van der Waals surface area contributed by atoms with Gasteiger partial charge in [0, 0.05) is 37.8 Å². The average molecular weight is 401 g/mol. The zero-order chi connectivity index (χ0) is 19.1. The van der Waals surface area contributed by atoms with Crippen LogP contribution in [0.3, 0.4) is 0 Å². The van der Waals surface area contributed by atoms with Gasteiger partial charge in [0.05, 0.1) is 11.5 Å². The van der Waals surface area contributed by atoms with Gasteiger partial charge in [-0.25, -0.2) is 18.4 Å². The lowest BCUT2D eigenvalue weighted by Gasteiger charge is -2.39. The van der Waals surface area contributed by atoms with Crippen LogP contribution < -0.4 is 9.64 Å².